The van der Waals surface area contributed by atoms with E-state index >= 15 is 0 Å². The molecule has 0 aromatic carbocycles. The highest BCUT2D eigenvalue weighted by Crippen LogP contribution is 2.17. The first kappa shape index (κ1) is 11.9. The van der Waals surface area contributed by atoms with Crippen molar-refractivity contribution in [2.24, 2.45) is 5.92 Å². The van der Waals surface area contributed by atoms with Crippen molar-refractivity contribution in [1.82, 2.24) is 10.2 Å². The van der Waals surface area contributed by atoms with Gasteiger partial charge in [0.15, 0.2) is 0 Å². The fraction of sp³-hybridized carbons (Fsp3) is 0.917. The molecule has 2 atom stereocenters. The number of hydrogen-bond donors (Lipinski definition) is 1. The molecule has 0 bridgehead atoms. The Morgan fingerprint density at radius 2 is 2.12 bits per heavy atom. The second-order valence-electron chi connectivity index (χ2n) is 4.91. The van der Waals surface area contributed by atoms with Crippen LogP contribution in [0.15, 0.2) is 0 Å². The number of carbonyl (C=O) groups excluding carboxylic acids is 1. The summed E-state index contributed by atoms with van der Waals surface area (Å²) in [5.74, 6) is 0.00644. The summed E-state index contributed by atoms with van der Waals surface area (Å²) in [5, 5.41) is 3.47. The first-order chi connectivity index (χ1) is 7.79. The van der Waals surface area contributed by atoms with E-state index in [0.717, 1.165) is 25.9 Å². The second-order valence-corrected chi connectivity index (χ2v) is 4.91. The number of hydrogen-bond acceptors (Lipinski definition) is 4. The first-order valence-corrected chi connectivity index (χ1v) is 6.33. The van der Waals surface area contributed by atoms with Crippen LogP contribution in [-0.2, 0) is 9.53 Å². The summed E-state index contributed by atoms with van der Waals surface area (Å²) in [6.45, 7) is 4.43. The minimum Gasteiger partial charge on any atom is -0.469 e. The Labute approximate surface area is 97.3 Å². The van der Waals surface area contributed by atoms with E-state index in [1.165, 1.54) is 33.0 Å². The van der Waals surface area contributed by atoms with Gasteiger partial charge in [0.25, 0.3) is 0 Å². The average Bonchev–Trinajstić information content (AvgIpc) is 2.82. The summed E-state index contributed by atoms with van der Waals surface area (Å²) >= 11 is 0. The number of nitrogens with zero attached hydrogens (tertiary/aromatic N) is 1. The molecule has 4 nitrogen and oxygen atoms in total. The predicted octanol–water partition coefficient (Wildman–Crippen LogP) is 0.623. The Morgan fingerprint density at radius 1 is 1.38 bits per heavy atom. The Balaban J connectivity index is 1.70. The zero-order chi connectivity index (χ0) is 11.4. The zero-order valence-electron chi connectivity index (χ0n) is 10.1. The van der Waals surface area contributed by atoms with E-state index in [4.69, 9.17) is 4.74 Å². The van der Waals surface area contributed by atoms with Gasteiger partial charge in [0, 0.05) is 19.1 Å². The van der Waals surface area contributed by atoms with E-state index in [1.807, 2.05) is 0 Å². The van der Waals surface area contributed by atoms with Crippen LogP contribution in [0.4, 0.5) is 0 Å². The molecule has 2 heterocycles. The van der Waals surface area contributed by atoms with Crippen molar-refractivity contribution < 1.29 is 9.53 Å². The molecule has 4 heteroatoms. The summed E-state index contributed by atoms with van der Waals surface area (Å²) in [7, 11) is 1.47. The molecule has 0 saturated carbocycles. The Bertz CT molecular complexity index is 231. The first-order valence-electron chi connectivity index (χ1n) is 6.33. The van der Waals surface area contributed by atoms with Crippen LogP contribution in [0.25, 0.3) is 0 Å². The molecule has 2 aliphatic heterocycles. The molecule has 0 radical (unpaired) electrons. The number of esters is 1. The minimum absolute atomic E-state index is 0.0628. The van der Waals surface area contributed by atoms with Crippen LogP contribution >= 0.6 is 0 Å². The maximum Gasteiger partial charge on any atom is 0.309 e. The molecule has 2 saturated heterocycles. The van der Waals surface area contributed by atoms with Crippen LogP contribution in [0.3, 0.4) is 0 Å². The van der Waals surface area contributed by atoms with E-state index in [2.05, 4.69) is 10.2 Å². The highest BCUT2D eigenvalue weighted by Gasteiger charge is 2.27. The van der Waals surface area contributed by atoms with Crippen LogP contribution in [0.2, 0.25) is 0 Å². The van der Waals surface area contributed by atoms with Crippen molar-refractivity contribution in [3.8, 4) is 0 Å². The molecule has 16 heavy (non-hydrogen) atoms. The summed E-state index contributed by atoms with van der Waals surface area (Å²) in [6, 6.07) is 0.569. The molecule has 2 rings (SSSR count). The largest absolute Gasteiger partial charge is 0.469 e. The highest BCUT2D eigenvalue weighted by molar-refractivity contribution is 5.72. The van der Waals surface area contributed by atoms with Crippen LogP contribution < -0.4 is 5.32 Å². The maximum atomic E-state index is 11.3. The highest BCUT2D eigenvalue weighted by atomic mass is 16.5. The lowest BCUT2D eigenvalue weighted by Gasteiger charge is -2.31. The van der Waals surface area contributed by atoms with E-state index in [9.17, 15) is 4.79 Å². The number of carbonyl (C=O) groups is 1. The lowest BCUT2D eigenvalue weighted by molar-refractivity contribution is -0.146. The van der Waals surface area contributed by atoms with Gasteiger partial charge in [-0.3, -0.25) is 4.79 Å². The standard InChI is InChI=1S/C12H22N2O2/c1-16-12(15)10-4-5-11(13-8-10)9-14-6-2-3-7-14/h10-11,13H,2-9H2,1H3/t10-,11-/m1/s1. The molecule has 0 spiro atoms. The van der Waals surface area contributed by atoms with Crippen LogP contribution in [-0.4, -0.2) is 50.2 Å². The Kier molecular flexibility index (Phi) is 4.18. The minimum atomic E-state index is -0.0628. The summed E-state index contributed by atoms with van der Waals surface area (Å²) < 4.78 is 4.77. The SMILES string of the molecule is COC(=O)[C@@H]1CC[C@H](CN2CCCC2)NC1. The quantitative estimate of drug-likeness (QED) is 0.716. The number of piperidine rings is 1. The molecule has 2 aliphatic rings. The summed E-state index contributed by atoms with van der Waals surface area (Å²) in [5.41, 5.74) is 0. The molecule has 0 aromatic rings. The molecular weight excluding hydrogens is 204 g/mol. The van der Waals surface area contributed by atoms with E-state index in [0.29, 0.717) is 6.04 Å². The molecule has 92 valence electrons. The topological polar surface area (TPSA) is 41.6 Å². The van der Waals surface area contributed by atoms with Gasteiger partial charge in [-0.1, -0.05) is 0 Å². The lowest BCUT2D eigenvalue weighted by atomic mass is 9.94. The summed E-state index contributed by atoms with van der Waals surface area (Å²) in [4.78, 5) is 13.9. The van der Waals surface area contributed by atoms with Crippen LogP contribution in [0.5, 0.6) is 0 Å². The lowest BCUT2D eigenvalue weighted by Crippen LogP contribution is -2.47. The van der Waals surface area contributed by atoms with Crippen molar-refractivity contribution in [3.05, 3.63) is 0 Å². The fourth-order valence-electron chi connectivity index (χ4n) is 2.72. The predicted molar refractivity (Wildman–Crippen MR) is 62.2 cm³/mol. The van der Waals surface area contributed by atoms with Crippen molar-refractivity contribution >= 4 is 5.97 Å². The van der Waals surface area contributed by atoms with Gasteiger partial charge in [0.05, 0.1) is 13.0 Å². The smallest absolute Gasteiger partial charge is 0.309 e. The number of rotatable bonds is 3. The van der Waals surface area contributed by atoms with E-state index in [1.54, 1.807) is 0 Å². The molecule has 0 aromatic heterocycles. The molecule has 0 amide bonds. The molecule has 1 N–H and O–H groups in total. The van der Waals surface area contributed by atoms with Crippen molar-refractivity contribution in [1.29, 1.82) is 0 Å². The number of nitrogens with one attached hydrogen (secondary N) is 1. The third kappa shape index (κ3) is 2.95. The number of likely N-dealkylation sites (tertiary alicyclic amines) is 1. The van der Waals surface area contributed by atoms with Gasteiger partial charge in [0.1, 0.15) is 0 Å². The van der Waals surface area contributed by atoms with Crippen molar-refractivity contribution in [3.63, 3.8) is 0 Å². The molecule has 2 fully saturated rings. The van der Waals surface area contributed by atoms with Crippen LogP contribution in [0.1, 0.15) is 25.7 Å². The normalized spacial score (nSPS) is 31.6. The summed E-state index contributed by atoms with van der Waals surface area (Å²) in [6.07, 6.45) is 4.75. The monoisotopic (exact) mass is 226 g/mol. The van der Waals surface area contributed by atoms with Crippen molar-refractivity contribution in [2.75, 3.05) is 33.3 Å². The number of ether oxygens (including phenoxy) is 1. The Morgan fingerprint density at radius 3 is 2.69 bits per heavy atom. The Hall–Kier alpha value is -0.610. The van der Waals surface area contributed by atoms with Gasteiger partial charge < -0.3 is 15.0 Å². The maximum absolute atomic E-state index is 11.3. The average molecular weight is 226 g/mol. The fourth-order valence-corrected chi connectivity index (χ4v) is 2.72. The van der Waals surface area contributed by atoms with Gasteiger partial charge in [-0.25, -0.2) is 0 Å². The van der Waals surface area contributed by atoms with Crippen LogP contribution in [0, 0.1) is 5.92 Å². The molecule has 0 aliphatic carbocycles. The van der Waals surface area contributed by atoms with E-state index < -0.39 is 0 Å². The van der Waals surface area contributed by atoms with Gasteiger partial charge in [-0.2, -0.15) is 0 Å². The van der Waals surface area contributed by atoms with E-state index in [-0.39, 0.29) is 11.9 Å². The van der Waals surface area contributed by atoms with Gasteiger partial charge in [-0.05, 0) is 38.8 Å². The van der Waals surface area contributed by atoms with Gasteiger partial charge >= 0.3 is 5.97 Å². The third-order valence-electron chi connectivity index (χ3n) is 3.73. The second kappa shape index (κ2) is 5.64. The number of methoxy groups -OCH3 is 1. The zero-order valence-corrected chi connectivity index (χ0v) is 10.1. The molecular formula is C12H22N2O2. The molecule has 0 unspecified atom stereocenters. The van der Waals surface area contributed by atoms with Gasteiger partial charge in [-0.15, -0.1) is 0 Å². The van der Waals surface area contributed by atoms with Gasteiger partial charge in [0.2, 0.25) is 0 Å². The van der Waals surface area contributed by atoms with Crippen molar-refractivity contribution in [2.45, 2.75) is 31.7 Å². The third-order valence-corrected chi connectivity index (χ3v) is 3.73.